The number of nitrogens with zero attached hydrogens (tertiary/aromatic N) is 3. The summed E-state index contributed by atoms with van der Waals surface area (Å²) in [6.07, 6.45) is 0.901. The molecule has 1 N–H and O–H groups in total. The van der Waals surface area contributed by atoms with Crippen molar-refractivity contribution in [2.75, 3.05) is 0 Å². The number of carbonyl (C=O) groups is 1. The Kier molecular flexibility index (Phi) is 6.26. The molecule has 1 amide bonds. The Balaban J connectivity index is 1.31. The Morgan fingerprint density at radius 2 is 1.67 bits per heavy atom. The second-order valence-corrected chi connectivity index (χ2v) is 9.36. The molecular weight excluding hydrogens is 428 g/mol. The minimum atomic E-state index is 0.0371. The third-order valence-electron chi connectivity index (χ3n) is 5.98. The molecule has 0 radical (unpaired) electrons. The molecule has 5 rings (SSSR count). The van der Waals surface area contributed by atoms with Crippen LogP contribution in [0.25, 0.3) is 5.69 Å². The molecular formula is C27H26N4OS. The SMILES string of the molecule is Cc1ccc(-n2c(CNC(=O)C3CC3c3ccccc3)nnc2SCc2ccccc2)cc1. The smallest absolute Gasteiger partial charge is 0.224 e. The molecule has 2 atom stereocenters. The van der Waals surface area contributed by atoms with Gasteiger partial charge in [0.1, 0.15) is 0 Å². The second-order valence-electron chi connectivity index (χ2n) is 8.42. The number of hydrogen-bond acceptors (Lipinski definition) is 4. The van der Waals surface area contributed by atoms with Crippen LogP contribution >= 0.6 is 11.8 Å². The van der Waals surface area contributed by atoms with Gasteiger partial charge in [-0.2, -0.15) is 0 Å². The predicted molar refractivity (Wildman–Crippen MR) is 131 cm³/mol. The summed E-state index contributed by atoms with van der Waals surface area (Å²) in [6.45, 7) is 2.42. The van der Waals surface area contributed by atoms with Crippen LogP contribution in [0.1, 0.15) is 34.9 Å². The lowest BCUT2D eigenvalue weighted by molar-refractivity contribution is -0.122. The van der Waals surface area contributed by atoms with Crippen molar-refractivity contribution in [2.24, 2.45) is 5.92 Å². The Bertz CT molecular complexity index is 1220. The number of aromatic nitrogens is 3. The standard InChI is InChI=1S/C27H26N4OS/c1-19-12-14-22(15-13-19)31-25(29-30-27(31)33-18-20-8-4-2-5-9-20)17-28-26(32)24-16-23(24)21-10-6-3-7-11-21/h2-15,23-24H,16-18H2,1H3,(H,28,32). The molecule has 33 heavy (non-hydrogen) atoms. The first-order valence-electron chi connectivity index (χ1n) is 11.2. The summed E-state index contributed by atoms with van der Waals surface area (Å²) in [4.78, 5) is 12.8. The topological polar surface area (TPSA) is 59.8 Å². The van der Waals surface area contributed by atoms with Crippen LogP contribution in [0.4, 0.5) is 0 Å². The molecule has 1 aliphatic carbocycles. The molecule has 1 fully saturated rings. The lowest BCUT2D eigenvalue weighted by atomic mass is 10.1. The molecule has 0 bridgehead atoms. The molecule has 0 spiro atoms. The highest BCUT2D eigenvalue weighted by atomic mass is 32.2. The lowest BCUT2D eigenvalue weighted by Gasteiger charge is -2.11. The molecule has 0 saturated heterocycles. The van der Waals surface area contributed by atoms with Gasteiger partial charge in [-0.15, -0.1) is 10.2 Å². The number of hydrogen-bond donors (Lipinski definition) is 1. The fourth-order valence-electron chi connectivity index (χ4n) is 4.03. The average molecular weight is 455 g/mol. The van der Waals surface area contributed by atoms with Crippen molar-refractivity contribution in [3.8, 4) is 5.69 Å². The van der Waals surface area contributed by atoms with Gasteiger partial charge in [-0.3, -0.25) is 9.36 Å². The fraction of sp³-hybridized carbons (Fsp3) is 0.222. The molecule has 3 aromatic carbocycles. The highest BCUT2D eigenvalue weighted by molar-refractivity contribution is 7.98. The summed E-state index contributed by atoms with van der Waals surface area (Å²) < 4.78 is 2.05. The van der Waals surface area contributed by atoms with Crippen molar-refractivity contribution < 1.29 is 4.79 Å². The van der Waals surface area contributed by atoms with E-state index in [1.165, 1.54) is 16.7 Å². The van der Waals surface area contributed by atoms with Gasteiger partial charge in [0.05, 0.1) is 6.54 Å². The van der Waals surface area contributed by atoms with Gasteiger partial charge >= 0.3 is 0 Å². The summed E-state index contributed by atoms with van der Waals surface area (Å²) in [5.74, 6) is 1.98. The van der Waals surface area contributed by atoms with Crippen LogP contribution in [0, 0.1) is 12.8 Å². The summed E-state index contributed by atoms with van der Waals surface area (Å²) in [6, 6.07) is 28.9. The molecule has 5 nitrogen and oxygen atoms in total. The normalized spacial score (nSPS) is 17.0. The Morgan fingerprint density at radius 1 is 0.970 bits per heavy atom. The predicted octanol–water partition coefficient (Wildman–Crippen LogP) is 5.29. The molecule has 1 aromatic heterocycles. The minimum Gasteiger partial charge on any atom is -0.349 e. The summed E-state index contributed by atoms with van der Waals surface area (Å²) in [5, 5.41) is 12.8. The van der Waals surface area contributed by atoms with Crippen LogP contribution in [-0.2, 0) is 17.1 Å². The van der Waals surface area contributed by atoms with E-state index in [0.29, 0.717) is 12.5 Å². The number of benzene rings is 3. The van der Waals surface area contributed by atoms with E-state index in [1.807, 2.05) is 36.4 Å². The van der Waals surface area contributed by atoms with E-state index in [4.69, 9.17) is 0 Å². The van der Waals surface area contributed by atoms with Gasteiger partial charge in [-0.1, -0.05) is 90.1 Å². The molecule has 2 unspecified atom stereocenters. The Morgan fingerprint density at radius 3 is 2.39 bits per heavy atom. The van der Waals surface area contributed by atoms with Crippen LogP contribution in [0.5, 0.6) is 0 Å². The number of carbonyl (C=O) groups excluding carboxylic acids is 1. The van der Waals surface area contributed by atoms with Crippen molar-refractivity contribution in [2.45, 2.75) is 36.7 Å². The van der Waals surface area contributed by atoms with E-state index >= 15 is 0 Å². The first-order chi connectivity index (χ1) is 16.2. The summed E-state index contributed by atoms with van der Waals surface area (Å²) in [5.41, 5.74) is 4.66. The van der Waals surface area contributed by atoms with Gasteiger partial charge in [0.15, 0.2) is 11.0 Å². The van der Waals surface area contributed by atoms with Crippen LogP contribution in [-0.4, -0.2) is 20.7 Å². The van der Waals surface area contributed by atoms with Gasteiger partial charge in [0, 0.05) is 17.4 Å². The zero-order valence-corrected chi connectivity index (χ0v) is 19.3. The van der Waals surface area contributed by atoms with Crippen molar-refractivity contribution in [1.29, 1.82) is 0 Å². The molecule has 166 valence electrons. The van der Waals surface area contributed by atoms with Gasteiger partial charge in [-0.05, 0) is 42.5 Å². The average Bonchev–Trinajstić information content (AvgIpc) is 3.57. The van der Waals surface area contributed by atoms with E-state index in [0.717, 1.165) is 28.8 Å². The maximum Gasteiger partial charge on any atom is 0.224 e. The molecule has 1 saturated carbocycles. The quantitative estimate of drug-likeness (QED) is 0.368. The molecule has 1 aliphatic rings. The van der Waals surface area contributed by atoms with E-state index in [1.54, 1.807) is 11.8 Å². The molecule has 0 aliphatic heterocycles. The van der Waals surface area contributed by atoms with E-state index in [9.17, 15) is 4.79 Å². The number of thioether (sulfide) groups is 1. The van der Waals surface area contributed by atoms with Gasteiger partial charge in [-0.25, -0.2) is 0 Å². The van der Waals surface area contributed by atoms with E-state index in [-0.39, 0.29) is 11.8 Å². The van der Waals surface area contributed by atoms with Crippen LogP contribution < -0.4 is 5.32 Å². The lowest BCUT2D eigenvalue weighted by Crippen LogP contribution is -2.26. The van der Waals surface area contributed by atoms with Crippen molar-refractivity contribution in [3.63, 3.8) is 0 Å². The third kappa shape index (κ3) is 5.01. The Labute approximate surface area is 198 Å². The number of nitrogens with one attached hydrogen (secondary N) is 1. The molecule has 1 heterocycles. The van der Waals surface area contributed by atoms with Gasteiger partial charge < -0.3 is 5.32 Å². The largest absolute Gasteiger partial charge is 0.349 e. The van der Waals surface area contributed by atoms with E-state index < -0.39 is 0 Å². The monoisotopic (exact) mass is 454 g/mol. The first kappa shape index (κ1) is 21.5. The maximum atomic E-state index is 12.8. The van der Waals surface area contributed by atoms with Crippen molar-refractivity contribution in [3.05, 3.63) is 107 Å². The second kappa shape index (κ2) is 9.63. The molecule has 6 heteroatoms. The van der Waals surface area contributed by atoms with E-state index in [2.05, 4.69) is 75.5 Å². The number of amides is 1. The minimum absolute atomic E-state index is 0.0371. The van der Waals surface area contributed by atoms with Crippen LogP contribution in [0.2, 0.25) is 0 Å². The Hall–Kier alpha value is -3.38. The zero-order valence-electron chi connectivity index (χ0n) is 18.5. The van der Waals surface area contributed by atoms with Crippen LogP contribution in [0.15, 0.2) is 90.1 Å². The maximum absolute atomic E-state index is 12.8. The number of aryl methyl sites for hydroxylation is 1. The highest BCUT2D eigenvalue weighted by Gasteiger charge is 2.43. The third-order valence-corrected chi connectivity index (χ3v) is 6.98. The summed E-state index contributed by atoms with van der Waals surface area (Å²) in [7, 11) is 0. The number of rotatable bonds is 8. The highest BCUT2D eigenvalue weighted by Crippen LogP contribution is 2.47. The summed E-state index contributed by atoms with van der Waals surface area (Å²) >= 11 is 1.65. The fourth-order valence-corrected chi connectivity index (χ4v) is 4.96. The van der Waals surface area contributed by atoms with Gasteiger partial charge in [0.25, 0.3) is 0 Å². The zero-order chi connectivity index (χ0) is 22.6. The van der Waals surface area contributed by atoms with Gasteiger partial charge in [0.2, 0.25) is 5.91 Å². The first-order valence-corrected chi connectivity index (χ1v) is 12.2. The molecule has 4 aromatic rings. The van der Waals surface area contributed by atoms with Crippen LogP contribution in [0.3, 0.4) is 0 Å². The van der Waals surface area contributed by atoms with Crippen molar-refractivity contribution >= 4 is 17.7 Å². The van der Waals surface area contributed by atoms with Crippen molar-refractivity contribution in [1.82, 2.24) is 20.1 Å².